The fourth-order valence-corrected chi connectivity index (χ4v) is 16.8. The van der Waals surface area contributed by atoms with Crippen LogP contribution in [0.15, 0.2) is 152 Å². The molecular formula is C79H89BN4. The third kappa shape index (κ3) is 8.15. The average Bonchev–Trinajstić information content (AvgIpc) is 1.66. The van der Waals surface area contributed by atoms with E-state index in [1.54, 1.807) is 0 Å². The topological polar surface area (TPSA) is 22.6 Å². The second-order valence-electron chi connectivity index (χ2n) is 31.7. The van der Waals surface area contributed by atoms with Crippen molar-refractivity contribution in [2.24, 2.45) is 0 Å². The van der Waals surface area contributed by atoms with Crippen molar-refractivity contribution in [2.45, 2.75) is 206 Å². The Morgan fingerprint density at radius 3 is 1.64 bits per heavy atom. The summed E-state index contributed by atoms with van der Waals surface area (Å²) in [5, 5.41) is 0. The Hall–Kier alpha value is -6.85. The van der Waals surface area contributed by atoms with E-state index in [9.17, 15) is 0 Å². The molecule has 2 atom stereocenters. The van der Waals surface area contributed by atoms with Crippen LogP contribution in [0.1, 0.15) is 201 Å². The zero-order chi connectivity index (χ0) is 59.1. The number of benzene rings is 7. The monoisotopic (exact) mass is 1100 g/mol. The van der Waals surface area contributed by atoms with Gasteiger partial charge in [0, 0.05) is 63.2 Å². The summed E-state index contributed by atoms with van der Waals surface area (Å²) in [6.45, 7) is 39.4. The van der Waals surface area contributed by atoms with Crippen LogP contribution in [-0.4, -0.2) is 17.2 Å². The maximum Gasteiger partial charge on any atom is 0.252 e. The molecular weight excluding hydrogens is 1020 g/mol. The SMILES string of the molecule is CC(C)(C)c1ccc(N2c3cc(N4c5ccc(-c6ccncc6)cc5C5(C)CCCCC45C)ccc3B3c4cc5c(cc4N(c4ccc6c(c4)C(C)(C)CCC6(C)C)c4cc(C(C)(C)C)cc2c43)C(C)(C)CCC5(C)C)c(-c2ccccc2)c1. The van der Waals surface area contributed by atoms with E-state index in [0.717, 1.165) is 25.7 Å². The first kappa shape index (κ1) is 55.1. The maximum absolute atomic E-state index is 4.41. The summed E-state index contributed by atoms with van der Waals surface area (Å²) in [7, 11) is 0. The average molecular weight is 1110 g/mol. The fraction of sp³-hybridized carbons (Fsp3) is 0.405. The largest absolute Gasteiger partial charge is 0.334 e. The van der Waals surface area contributed by atoms with Gasteiger partial charge in [-0.1, -0.05) is 177 Å². The molecule has 2 unspecified atom stereocenters. The lowest BCUT2D eigenvalue weighted by Gasteiger charge is -2.51. The molecule has 1 fully saturated rings. The standard InChI is InChI=1S/C79H89BN4/c1-72(2,3)53-25-31-65(57(43-53)51-22-18-17-19-23-51)83-67-47-56(84-66-30-24-52(50-32-40-81-41-33-50)42-62(66)78(15)34-20-21-35-79(78,84)16)27-29-63(67)80-64-48-60-61(77(13,14)39-38-76(60,11)12)49-68(64)82(69-44-54(73(4,5)6)45-70(83)71(69)80)55-26-28-58-59(46-55)75(9,10)37-36-74(58,7)8/h17-19,22-33,40-49H,20-21,34-39H2,1-16H3. The fourth-order valence-electron chi connectivity index (χ4n) is 16.8. The predicted octanol–water partition coefficient (Wildman–Crippen LogP) is 19.5. The van der Waals surface area contributed by atoms with Crippen molar-refractivity contribution in [3.05, 3.63) is 191 Å². The van der Waals surface area contributed by atoms with Crippen molar-refractivity contribution in [3.8, 4) is 22.3 Å². The van der Waals surface area contributed by atoms with Crippen LogP contribution in [0.5, 0.6) is 0 Å². The van der Waals surface area contributed by atoms with Gasteiger partial charge in [-0.2, -0.15) is 0 Å². The van der Waals surface area contributed by atoms with Gasteiger partial charge in [0.1, 0.15) is 0 Å². The summed E-state index contributed by atoms with van der Waals surface area (Å²) < 4.78 is 0. The third-order valence-corrected chi connectivity index (χ3v) is 22.6. The van der Waals surface area contributed by atoms with Crippen molar-refractivity contribution in [2.75, 3.05) is 14.7 Å². The molecule has 0 spiro atoms. The normalized spacial score (nSPS) is 22.0. The van der Waals surface area contributed by atoms with Gasteiger partial charge >= 0.3 is 0 Å². The molecule has 428 valence electrons. The van der Waals surface area contributed by atoms with E-state index in [1.807, 2.05) is 12.4 Å². The highest BCUT2D eigenvalue weighted by atomic mass is 15.3. The Morgan fingerprint density at radius 1 is 0.393 bits per heavy atom. The Morgan fingerprint density at radius 2 is 0.976 bits per heavy atom. The molecule has 3 aliphatic carbocycles. The van der Waals surface area contributed by atoms with Crippen LogP contribution < -0.4 is 31.1 Å². The highest BCUT2D eigenvalue weighted by Crippen LogP contribution is 2.62. The molecule has 6 aliphatic rings. The van der Waals surface area contributed by atoms with Gasteiger partial charge in [0.15, 0.2) is 0 Å². The molecule has 0 bridgehead atoms. The Balaban J connectivity index is 1.10. The number of anilines is 8. The van der Waals surface area contributed by atoms with Gasteiger partial charge in [-0.05, 0) is 229 Å². The lowest BCUT2D eigenvalue weighted by molar-refractivity contribution is 0.195. The number of nitrogens with zero attached hydrogens (tertiary/aromatic N) is 4. The number of fused-ring (bicyclic) bond motifs is 9. The molecule has 0 radical (unpaired) electrons. The van der Waals surface area contributed by atoms with E-state index in [-0.39, 0.29) is 50.2 Å². The first-order valence-corrected chi connectivity index (χ1v) is 31.9. The van der Waals surface area contributed by atoms with E-state index in [1.165, 1.54) is 149 Å². The molecule has 0 saturated heterocycles. The van der Waals surface area contributed by atoms with Crippen LogP contribution in [0.25, 0.3) is 22.3 Å². The Bertz CT molecular complexity index is 4000. The van der Waals surface area contributed by atoms with E-state index >= 15 is 0 Å². The van der Waals surface area contributed by atoms with Gasteiger partial charge in [-0.3, -0.25) is 4.98 Å². The van der Waals surface area contributed by atoms with Gasteiger partial charge < -0.3 is 14.7 Å². The summed E-state index contributed by atoms with van der Waals surface area (Å²) >= 11 is 0. The zero-order valence-corrected chi connectivity index (χ0v) is 53.5. The molecule has 4 nitrogen and oxygen atoms in total. The minimum absolute atomic E-state index is 0.0145. The van der Waals surface area contributed by atoms with Gasteiger partial charge in [-0.15, -0.1) is 0 Å². The number of hydrogen-bond acceptors (Lipinski definition) is 4. The number of pyridine rings is 1. The van der Waals surface area contributed by atoms with Gasteiger partial charge in [0.05, 0.1) is 11.2 Å². The predicted molar refractivity (Wildman–Crippen MR) is 360 cm³/mol. The molecule has 0 N–H and O–H groups in total. The molecule has 84 heavy (non-hydrogen) atoms. The number of hydrogen-bond donors (Lipinski definition) is 0. The molecule has 0 amide bonds. The molecule has 5 heteroatoms. The zero-order valence-electron chi connectivity index (χ0n) is 53.5. The summed E-state index contributed by atoms with van der Waals surface area (Å²) in [6, 6.07) is 56.4. The van der Waals surface area contributed by atoms with Gasteiger partial charge in [-0.25, -0.2) is 0 Å². The first-order chi connectivity index (χ1) is 39.6. The molecule has 7 aromatic carbocycles. The lowest BCUT2D eigenvalue weighted by Crippen LogP contribution is -2.62. The van der Waals surface area contributed by atoms with E-state index in [4.69, 9.17) is 0 Å². The van der Waals surface area contributed by atoms with Crippen LogP contribution in [0.2, 0.25) is 0 Å². The summed E-state index contributed by atoms with van der Waals surface area (Å²) in [6.07, 6.45) is 13.3. The van der Waals surface area contributed by atoms with Crippen molar-refractivity contribution < 1.29 is 0 Å². The Labute approximate surface area is 504 Å². The van der Waals surface area contributed by atoms with Crippen LogP contribution in [0.3, 0.4) is 0 Å². The first-order valence-electron chi connectivity index (χ1n) is 31.9. The molecule has 3 aliphatic heterocycles. The van der Waals surface area contributed by atoms with Crippen LogP contribution >= 0.6 is 0 Å². The second kappa shape index (κ2) is 18.3. The van der Waals surface area contributed by atoms with Crippen LogP contribution in [-0.2, 0) is 37.9 Å². The molecule has 1 aromatic heterocycles. The molecule has 4 heterocycles. The molecule has 1 saturated carbocycles. The maximum atomic E-state index is 4.41. The van der Waals surface area contributed by atoms with Crippen LogP contribution in [0.4, 0.5) is 45.5 Å². The number of aromatic nitrogens is 1. The quantitative estimate of drug-likeness (QED) is 0.160. The molecule has 14 rings (SSSR count). The van der Waals surface area contributed by atoms with E-state index < -0.39 is 0 Å². The summed E-state index contributed by atoms with van der Waals surface area (Å²) in [5.41, 5.74) is 29.2. The Kier molecular flexibility index (Phi) is 12.0. The molecule has 8 aromatic rings. The van der Waals surface area contributed by atoms with Crippen molar-refractivity contribution in [3.63, 3.8) is 0 Å². The second-order valence-corrected chi connectivity index (χ2v) is 31.7. The minimum Gasteiger partial charge on any atom is -0.334 e. The van der Waals surface area contributed by atoms with Crippen molar-refractivity contribution in [1.29, 1.82) is 0 Å². The van der Waals surface area contributed by atoms with Crippen LogP contribution in [0, 0.1) is 0 Å². The highest BCUT2D eigenvalue weighted by Gasteiger charge is 2.58. The highest BCUT2D eigenvalue weighted by molar-refractivity contribution is 7.00. The van der Waals surface area contributed by atoms with Gasteiger partial charge in [0.25, 0.3) is 6.71 Å². The summed E-state index contributed by atoms with van der Waals surface area (Å²) in [4.78, 5) is 12.7. The van der Waals surface area contributed by atoms with Gasteiger partial charge in [0.2, 0.25) is 0 Å². The lowest BCUT2D eigenvalue weighted by atomic mass is 9.33. The van der Waals surface area contributed by atoms with E-state index in [2.05, 4.69) is 270 Å². The number of rotatable bonds is 5. The van der Waals surface area contributed by atoms with Crippen molar-refractivity contribution in [1.82, 2.24) is 4.98 Å². The van der Waals surface area contributed by atoms with Crippen molar-refractivity contribution >= 4 is 68.6 Å². The smallest absolute Gasteiger partial charge is 0.252 e. The minimum atomic E-state index is -0.169. The summed E-state index contributed by atoms with van der Waals surface area (Å²) in [5.74, 6) is 0. The van der Waals surface area contributed by atoms with E-state index in [0.29, 0.717) is 0 Å². The third-order valence-electron chi connectivity index (χ3n) is 22.6.